The number of H-pyrrole nitrogens is 1. The van der Waals surface area contributed by atoms with Crippen LogP contribution in [0.1, 0.15) is 41.0 Å². The molecule has 0 aromatic carbocycles. The smallest absolute Gasteiger partial charge is 0.293 e. The summed E-state index contributed by atoms with van der Waals surface area (Å²) >= 11 is 0. The Morgan fingerprint density at radius 3 is 2.92 bits per heavy atom. The molecule has 0 radical (unpaired) electrons. The Morgan fingerprint density at radius 1 is 1.32 bits per heavy atom. The number of hydrogen-bond acceptors (Lipinski definition) is 5. The molecule has 2 N–H and O–H groups in total. The molecule has 0 spiro atoms. The van der Waals surface area contributed by atoms with E-state index < -0.39 is 0 Å². The topological polar surface area (TPSA) is 95.9 Å². The first-order chi connectivity index (χ1) is 12.1. The van der Waals surface area contributed by atoms with E-state index in [1.807, 2.05) is 4.90 Å². The van der Waals surface area contributed by atoms with E-state index in [-0.39, 0.29) is 17.5 Å². The summed E-state index contributed by atoms with van der Waals surface area (Å²) in [5.41, 5.74) is 2.64. The molecule has 3 heterocycles. The number of piperidine rings is 1. The first kappa shape index (κ1) is 15.9. The number of anilines is 1. The highest BCUT2D eigenvalue weighted by atomic mass is 16.2. The molecule has 2 aliphatic rings. The van der Waals surface area contributed by atoms with Crippen LogP contribution in [0, 0.1) is 0 Å². The van der Waals surface area contributed by atoms with Gasteiger partial charge in [-0.05, 0) is 32.1 Å². The van der Waals surface area contributed by atoms with Gasteiger partial charge in [-0.3, -0.25) is 14.7 Å². The highest BCUT2D eigenvalue weighted by molar-refractivity contribution is 5.94. The summed E-state index contributed by atoms with van der Waals surface area (Å²) in [4.78, 5) is 30.9. The molecule has 1 amide bonds. The molecule has 1 aliphatic carbocycles. The predicted octanol–water partition coefficient (Wildman–Crippen LogP) is 0.391. The zero-order valence-electron chi connectivity index (χ0n) is 14.3. The van der Waals surface area contributed by atoms with Crippen LogP contribution in [0.4, 0.5) is 5.82 Å². The van der Waals surface area contributed by atoms with E-state index in [9.17, 15) is 9.59 Å². The van der Waals surface area contributed by atoms with Crippen LogP contribution in [0.15, 0.2) is 17.2 Å². The van der Waals surface area contributed by atoms with Gasteiger partial charge in [-0.25, -0.2) is 4.98 Å². The number of carbonyl (C=O) groups is 1. The van der Waals surface area contributed by atoms with Crippen molar-refractivity contribution in [1.82, 2.24) is 25.1 Å². The lowest BCUT2D eigenvalue weighted by Crippen LogP contribution is -2.46. The molecule has 0 saturated carbocycles. The molecule has 4 rings (SSSR count). The van der Waals surface area contributed by atoms with Crippen molar-refractivity contribution in [1.29, 1.82) is 0 Å². The van der Waals surface area contributed by atoms with E-state index in [0.29, 0.717) is 24.6 Å². The van der Waals surface area contributed by atoms with Crippen LogP contribution in [-0.4, -0.2) is 44.8 Å². The summed E-state index contributed by atoms with van der Waals surface area (Å²) < 4.78 is 1.54. The van der Waals surface area contributed by atoms with E-state index in [2.05, 4.69) is 20.5 Å². The average Bonchev–Trinajstić information content (AvgIpc) is 3.21. The van der Waals surface area contributed by atoms with Crippen LogP contribution in [0.5, 0.6) is 0 Å². The van der Waals surface area contributed by atoms with E-state index in [4.69, 9.17) is 0 Å². The normalized spacial score (nSPS) is 17.6. The first-order valence-electron chi connectivity index (χ1n) is 8.77. The average molecular weight is 342 g/mol. The Bertz CT molecular complexity index is 847. The maximum atomic E-state index is 12.5. The van der Waals surface area contributed by atoms with E-state index in [0.717, 1.165) is 43.4 Å². The summed E-state index contributed by atoms with van der Waals surface area (Å²) in [5.74, 6) is 0.395. The maximum absolute atomic E-state index is 12.5. The molecule has 8 heteroatoms. The largest absolute Gasteiger partial charge is 0.352 e. The van der Waals surface area contributed by atoms with Gasteiger partial charge >= 0.3 is 0 Å². The second kappa shape index (κ2) is 6.34. The van der Waals surface area contributed by atoms with E-state index in [1.54, 1.807) is 19.4 Å². The van der Waals surface area contributed by atoms with Gasteiger partial charge in [-0.15, -0.1) is 0 Å². The molecule has 0 bridgehead atoms. The number of nitrogens with one attached hydrogen (secondary N) is 2. The molecule has 1 fully saturated rings. The minimum Gasteiger partial charge on any atom is -0.352 e. The van der Waals surface area contributed by atoms with E-state index >= 15 is 0 Å². The SMILES string of the molecule is Cn1ccnc(N2CCC(NC(=O)c3n[nH]c4c3CCC4)CC2)c1=O. The first-order valence-corrected chi connectivity index (χ1v) is 8.77. The number of fused-ring (bicyclic) bond motifs is 1. The Kier molecular flexibility index (Phi) is 4.03. The van der Waals surface area contributed by atoms with Gasteiger partial charge < -0.3 is 14.8 Å². The zero-order valence-corrected chi connectivity index (χ0v) is 14.3. The third-order valence-electron chi connectivity index (χ3n) is 5.15. The molecule has 8 nitrogen and oxygen atoms in total. The summed E-state index contributed by atoms with van der Waals surface area (Å²) in [6.07, 6.45) is 7.87. The van der Waals surface area contributed by atoms with Gasteiger partial charge in [0.1, 0.15) is 0 Å². The van der Waals surface area contributed by atoms with Crippen molar-refractivity contribution in [3.63, 3.8) is 0 Å². The van der Waals surface area contributed by atoms with Crippen LogP contribution in [0.2, 0.25) is 0 Å². The number of aromatic amines is 1. The number of carbonyl (C=O) groups excluding carboxylic acids is 1. The number of aromatic nitrogens is 4. The van der Waals surface area contributed by atoms with Crippen LogP contribution in [0.25, 0.3) is 0 Å². The Balaban J connectivity index is 1.38. The van der Waals surface area contributed by atoms with E-state index in [1.165, 1.54) is 4.57 Å². The summed E-state index contributed by atoms with van der Waals surface area (Å²) in [6, 6.07) is 0.102. The van der Waals surface area contributed by atoms with Gasteiger partial charge in [0.05, 0.1) is 0 Å². The second-order valence-electron chi connectivity index (χ2n) is 6.78. The second-order valence-corrected chi connectivity index (χ2v) is 6.78. The zero-order chi connectivity index (χ0) is 17.4. The fourth-order valence-corrected chi connectivity index (χ4v) is 3.70. The molecule has 2 aromatic rings. The van der Waals surface area contributed by atoms with Crippen LogP contribution >= 0.6 is 0 Å². The summed E-state index contributed by atoms with van der Waals surface area (Å²) in [5, 5.41) is 10.3. The minimum atomic E-state index is -0.0911. The minimum absolute atomic E-state index is 0.0860. The van der Waals surface area contributed by atoms with Gasteiger partial charge in [-0.1, -0.05) is 0 Å². The Labute approximate surface area is 145 Å². The van der Waals surface area contributed by atoms with Gasteiger partial charge in [-0.2, -0.15) is 5.10 Å². The summed E-state index contributed by atoms with van der Waals surface area (Å²) in [6.45, 7) is 1.41. The lowest BCUT2D eigenvalue weighted by molar-refractivity contribution is 0.0925. The standard InChI is InChI=1S/C17H22N6O2/c1-22-10-7-18-15(17(22)25)23-8-5-11(6-9-23)19-16(24)14-12-3-2-4-13(12)20-21-14/h7,10-11H,2-6,8-9H2,1H3,(H,19,24)(H,20,21). The Hall–Kier alpha value is -2.64. The number of aryl methyl sites for hydroxylation is 2. The Morgan fingerprint density at radius 2 is 2.12 bits per heavy atom. The molecule has 2 aromatic heterocycles. The van der Waals surface area contributed by atoms with Gasteiger partial charge in [0.15, 0.2) is 11.5 Å². The van der Waals surface area contributed by atoms with Crippen molar-refractivity contribution in [2.45, 2.75) is 38.1 Å². The highest BCUT2D eigenvalue weighted by Gasteiger charge is 2.27. The highest BCUT2D eigenvalue weighted by Crippen LogP contribution is 2.23. The van der Waals surface area contributed by atoms with Crippen molar-refractivity contribution >= 4 is 11.7 Å². The molecule has 132 valence electrons. The molecule has 25 heavy (non-hydrogen) atoms. The number of amides is 1. The number of rotatable bonds is 3. The van der Waals surface area contributed by atoms with Crippen LogP contribution in [0.3, 0.4) is 0 Å². The summed E-state index contributed by atoms with van der Waals surface area (Å²) in [7, 11) is 1.73. The van der Waals surface area contributed by atoms with Crippen molar-refractivity contribution in [2.75, 3.05) is 18.0 Å². The molecule has 1 aliphatic heterocycles. The lowest BCUT2D eigenvalue weighted by atomic mass is 10.0. The van der Waals surface area contributed by atoms with Crippen molar-refractivity contribution in [2.24, 2.45) is 7.05 Å². The number of hydrogen-bond donors (Lipinski definition) is 2. The lowest BCUT2D eigenvalue weighted by Gasteiger charge is -2.32. The molecular formula is C17H22N6O2. The predicted molar refractivity (Wildman–Crippen MR) is 92.8 cm³/mol. The number of nitrogens with zero attached hydrogens (tertiary/aromatic N) is 4. The van der Waals surface area contributed by atoms with Crippen molar-refractivity contribution < 1.29 is 4.79 Å². The van der Waals surface area contributed by atoms with Gasteiger partial charge in [0.25, 0.3) is 11.5 Å². The van der Waals surface area contributed by atoms with Gasteiger partial charge in [0, 0.05) is 49.8 Å². The third kappa shape index (κ3) is 2.92. The molecule has 0 unspecified atom stereocenters. The van der Waals surface area contributed by atoms with Crippen molar-refractivity contribution in [3.05, 3.63) is 39.7 Å². The van der Waals surface area contributed by atoms with Crippen LogP contribution < -0.4 is 15.8 Å². The fraction of sp³-hybridized carbons (Fsp3) is 0.529. The fourth-order valence-electron chi connectivity index (χ4n) is 3.70. The van der Waals surface area contributed by atoms with Gasteiger partial charge in [0.2, 0.25) is 0 Å². The molecule has 1 saturated heterocycles. The quantitative estimate of drug-likeness (QED) is 0.841. The molecular weight excluding hydrogens is 320 g/mol. The third-order valence-corrected chi connectivity index (χ3v) is 5.15. The maximum Gasteiger partial charge on any atom is 0.293 e. The molecule has 0 atom stereocenters. The van der Waals surface area contributed by atoms with Crippen molar-refractivity contribution in [3.8, 4) is 0 Å². The monoisotopic (exact) mass is 342 g/mol. The van der Waals surface area contributed by atoms with Crippen LogP contribution in [-0.2, 0) is 19.9 Å².